The highest BCUT2D eigenvalue weighted by Gasteiger charge is 2.25. The van der Waals surface area contributed by atoms with E-state index in [0.717, 1.165) is 28.4 Å². The van der Waals surface area contributed by atoms with Crippen LogP contribution in [0.15, 0.2) is 47.5 Å². The van der Waals surface area contributed by atoms with Gasteiger partial charge in [0.2, 0.25) is 0 Å². The van der Waals surface area contributed by atoms with Crippen molar-refractivity contribution in [1.82, 2.24) is 3.97 Å². The number of fused-ring (bicyclic) bond motifs is 1. The lowest BCUT2D eigenvalue weighted by molar-refractivity contribution is -0.384. The van der Waals surface area contributed by atoms with Crippen molar-refractivity contribution >= 4 is 44.5 Å². The summed E-state index contributed by atoms with van der Waals surface area (Å²) in [4.78, 5) is 21.2. The Bertz CT molecular complexity index is 1220. The fourth-order valence-electron chi connectivity index (χ4n) is 2.49. The molecule has 0 unspecified atom stereocenters. The molecule has 1 aromatic heterocycles. The number of hydrogen-bond acceptors (Lipinski definition) is 6. The Labute approximate surface area is 152 Å². The van der Waals surface area contributed by atoms with Crippen molar-refractivity contribution in [2.45, 2.75) is 4.90 Å². The molecule has 0 N–H and O–H groups in total. The summed E-state index contributed by atoms with van der Waals surface area (Å²) in [7, 11) is -4.24. The lowest BCUT2D eigenvalue weighted by Crippen LogP contribution is -2.12. The summed E-state index contributed by atoms with van der Waals surface area (Å²) < 4.78 is 26.7. The van der Waals surface area contributed by atoms with E-state index < -0.39 is 20.6 Å². The second-order valence-electron chi connectivity index (χ2n) is 5.22. The second kappa shape index (κ2) is 6.25. The Hall–Kier alpha value is -3.22. The first kappa shape index (κ1) is 17.6. The molecule has 0 saturated carbocycles. The van der Waals surface area contributed by atoms with Crippen LogP contribution in [0.5, 0.6) is 0 Å². The highest BCUT2D eigenvalue weighted by molar-refractivity contribution is 7.90. The van der Waals surface area contributed by atoms with Crippen LogP contribution in [0.1, 0.15) is 15.9 Å². The van der Waals surface area contributed by atoms with E-state index in [9.17, 15) is 23.3 Å². The first-order valence-corrected chi connectivity index (χ1v) is 8.81. The van der Waals surface area contributed by atoms with E-state index in [2.05, 4.69) is 0 Å². The fourth-order valence-corrected chi connectivity index (χ4v) is 4.08. The van der Waals surface area contributed by atoms with Gasteiger partial charge >= 0.3 is 0 Å². The Morgan fingerprint density at radius 3 is 2.58 bits per heavy atom. The number of halogens is 1. The lowest BCUT2D eigenvalue weighted by atomic mass is 10.1. The number of rotatable bonds is 4. The Balaban J connectivity index is 2.29. The van der Waals surface area contributed by atoms with Gasteiger partial charge in [-0.05, 0) is 30.3 Å². The number of aldehydes is 1. The zero-order valence-electron chi connectivity index (χ0n) is 12.8. The predicted molar refractivity (Wildman–Crippen MR) is 92.7 cm³/mol. The number of benzene rings is 2. The Morgan fingerprint density at radius 2 is 1.96 bits per heavy atom. The van der Waals surface area contributed by atoms with E-state index in [0.29, 0.717) is 6.29 Å². The number of carbonyl (C=O) groups is 1. The summed E-state index contributed by atoms with van der Waals surface area (Å²) in [5.41, 5.74) is -0.0442. The van der Waals surface area contributed by atoms with E-state index in [1.54, 1.807) is 0 Å². The van der Waals surface area contributed by atoms with Crippen LogP contribution in [-0.2, 0) is 10.0 Å². The molecule has 8 nitrogen and oxygen atoms in total. The largest absolute Gasteiger partial charge is 0.298 e. The molecule has 0 aliphatic carbocycles. The second-order valence-corrected chi connectivity index (χ2v) is 7.44. The SMILES string of the molecule is N#Cc1ccc2c(c1)c(C=O)cn2S(=O)(=O)c1ccc(Cl)c([N+](=O)[O-])c1. The molecular weight excluding hydrogens is 382 g/mol. The third kappa shape index (κ3) is 2.71. The smallest absolute Gasteiger partial charge is 0.289 e. The number of hydrogen-bond donors (Lipinski definition) is 0. The highest BCUT2D eigenvalue weighted by atomic mass is 35.5. The van der Waals surface area contributed by atoms with Gasteiger partial charge in [0.25, 0.3) is 15.7 Å². The van der Waals surface area contributed by atoms with Gasteiger partial charge in [0.1, 0.15) is 5.02 Å². The lowest BCUT2D eigenvalue weighted by Gasteiger charge is -2.08. The van der Waals surface area contributed by atoms with Gasteiger partial charge in [-0.1, -0.05) is 11.6 Å². The van der Waals surface area contributed by atoms with Gasteiger partial charge < -0.3 is 0 Å². The van der Waals surface area contributed by atoms with Gasteiger partial charge in [0, 0.05) is 23.2 Å². The molecule has 0 spiro atoms. The van der Waals surface area contributed by atoms with Crippen LogP contribution in [-0.4, -0.2) is 23.6 Å². The van der Waals surface area contributed by atoms with Crippen molar-refractivity contribution in [1.29, 1.82) is 5.26 Å². The minimum Gasteiger partial charge on any atom is -0.298 e. The minimum atomic E-state index is -4.24. The fraction of sp³-hybridized carbons (Fsp3) is 0. The molecule has 130 valence electrons. The number of nitrogens with zero attached hydrogens (tertiary/aromatic N) is 3. The average Bonchev–Trinajstić information content (AvgIpc) is 3.00. The number of nitriles is 1. The van der Waals surface area contributed by atoms with Crippen molar-refractivity contribution < 1.29 is 18.1 Å². The van der Waals surface area contributed by atoms with Gasteiger partial charge in [-0.25, -0.2) is 12.4 Å². The van der Waals surface area contributed by atoms with Gasteiger partial charge in [0.15, 0.2) is 6.29 Å². The summed E-state index contributed by atoms with van der Waals surface area (Å²) in [6.07, 6.45) is 1.58. The molecule has 3 rings (SSSR count). The molecule has 0 fully saturated rings. The number of carbonyl (C=O) groups excluding carboxylic acids is 1. The molecule has 0 aliphatic rings. The highest BCUT2D eigenvalue weighted by Crippen LogP contribution is 2.30. The van der Waals surface area contributed by atoms with E-state index in [4.69, 9.17) is 16.9 Å². The monoisotopic (exact) mass is 389 g/mol. The number of aromatic nitrogens is 1. The summed E-state index contributed by atoms with van der Waals surface area (Å²) in [5, 5.41) is 20.1. The van der Waals surface area contributed by atoms with Gasteiger partial charge in [-0.2, -0.15) is 5.26 Å². The molecule has 26 heavy (non-hydrogen) atoms. The molecule has 0 aliphatic heterocycles. The molecule has 2 aromatic carbocycles. The van der Waals surface area contributed by atoms with Crippen LogP contribution >= 0.6 is 11.6 Å². The summed E-state index contributed by atoms with van der Waals surface area (Å²) in [6.45, 7) is 0. The van der Waals surface area contributed by atoms with Crippen LogP contribution in [0.2, 0.25) is 5.02 Å². The molecule has 0 radical (unpaired) electrons. The quantitative estimate of drug-likeness (QED) is 0.383. The van der Waals surface area contributed by atoms with E-state index in [-0.39, 0.29) is 31.9 Å². The van der Waals surface area contributed by atoms with Crippen molar-refractivity contribution in [3.8, 4) is 6.07 Å². The molecule has 1 heterocycles. The molecule has 3 aromatic rings. The number of nitro groups is 1. The molecular formula is C16H8ClN3O5S. The van der Waals surface area contributed by atoms with Crippen molar-refractivity contribution in [2.75, 3.05) is 0 Å². The molecule has 0 saturated heterocycles. The first-order valence-electron chi connectivity index (χ1n) is 6.99. The minimum absolute atomic E-state index is 0.0733. The first-order chi connectivity index (χ1) is 12.3. The maximum atomic E-state index is 12.9. The number of nitro benzene ring substituents is 1. The standard InChI is InChI=1S/C16H8ClN3O5S/c17-14-3-2-12(6-16(14)20(22)23)26(24,25)19-8-11(9-21)13-5-10(7-18)1-4-15(13)19/h1-6,8-9H. The van der Waals surface area contributed by atoms with Gasteiger partial charge in [0.05, 0.1) is 27.0 Å². The molecule has 0 atom stereocenters. The van der Waals surface area contributed by atoms with E-state index >= 15 is 0 Å². The maximum absolute atomic E-state index is 12.9. The zero-order valence-corrected chi connectivity index (χ0v) is 14.4. The molecule has 0 bridgehead atoms. The average molecular weight is 390 g/mol. The zero-order chi connectivity index (χ0) is 19.1. The Kier molecular flexibility index (Phi) is 4.23. The topological polar surface area (TPSA) is 123 Å². The third-order valence-electron chi connectivity index (χ3n) is 3.73. The maximum Gasteiger partial charge on any atom is 0.289 e. The summed E-state index contributed by atoms with van der Waals surface area (Å²) in [5.74, 6) is 0. The van der Waals surface area contributed by atoms with Crippen molar-refractivity contribution in [3.05, 3.63) is 68.9 Å². The van der Waals surface area contributed by atoms with Gasteiger partial charge in [-0.3, -0.25) is 14.9 Å². The molecule has 10 heteroatoms. The van der Waals surface area contributed by atoms with Crippen LogP contribution in [0.25, 0.3) is 10.9 Å². The van der Waals surface area contributed by atoms with Gasteiger partial charge in [-0.15, -0.1) is 0 Å². The molecule has 0 amide bonds. The third-order valence-corrected chi connectivity index (χ3v) is 5.72. The van der Waals surface area contributed by atoms with Crippen molar-refractivity contribution in [2.24, 2.45) is 0 Å². The summed E-state index contributed by atoms with van der Waals surface area (Å²) in [6, 6.07) is 9.22. The van der Waals surface area contributed by atoms with Crippen LogP contribution in [0.3, 0.4) is 0 Å². The Morgan fingerprint density at radius 1 is 1.23 bits per heavy atom. The van der Waals surface area contributed by atoms with Crippen LogP contribution < -0.4 is 0 Å². The van der Waals surface area contributed by atoms with E-state index in [1.807, 2.05) is 6.07 Å². The van der Waals surface area contributed by atoms with Crippen molar-refractivity contribution in [3.63, 3.8) is 0 Å². The van der Waals surface area contributed by atoms with E-state index in [1.165, 1.54) is 18.2 Å². The van der Waals surface area contributed by atoms with Crippen LogP contribution in [0.4, 0.5) is 5.69 Å². The predicted octanol–water partition coefficient (Wildman–Crippen LogP) is 3.12. The normalized spacial score (nSPS) is 11.2. The summed E-state index contributed by atoms with van der Waals surface area (Å²) >= 11 is 5.72. The van der Waals surface area contributed by atoms with Crippen LogP contribution in [0, 0.1) is 21.4 Å².